The number of amides is 1. The van der Waals surface area contributed by atoms with E-state index in [0.717, 1.165) is 0 Å². The van der Waals surface area contributed by atoms with Crippen molar-refractivity contribution in [2.45, 2.75) is 0 Å². The summed E-state index contributed by atoms with van der Waals surface area (Å²) in [4.78, 5) is 22.9. The van der Waals surface area contributed by atoms with Gasteiger partial charge in [0.2, 0.25) is 0 Å². The Morgan fingerprint density at radius 1 is 0.950 bits per heavy atom. The van der Waals surface area contributed by atoms with Gasteiger partial charge in [-0.15, -0.1) is 0 Å². The second-order valence-corrected chi connectivity index (χ2v) is 4.34. The van der Waals surface area contributed by atoms with Crippen LogP contribution in [0.3, 0.4) is 0 Å². The van der Waals surface area contributed by atoms with Crippen LogP contribution < -0.4 is 5.32 Å². The Bertz CT molecular complexity index is 685. The average Bonchev–Trinajstić information content (AvgIpc) is 2.48. The van der Waals surface area contributed by atoms with Gasteiger partial charge in [-0.1, -0.05) is 0 Å². The van der Waals surface area contributed by atoms with Crippen molar-refractivity contribution in [2.75, 3.05) is 5.32 Å². The predicted molar refractivity (Wildman–Crippen MR) is 75.7 cm³/mol. The second-order valence-electron chi connectivity index (χ2n) is 3.99. The number of rotatable bonds is 3. The molecule has 1 amide bonds. The van der Waals surface area contributed by atoms with Crippen molar-refractivity contribution in [1.82, 2.24) is 0 Å². The van der Waals surface area contributed by atoms with Crippen LogP contribution in [0.2, 0.25) is 0 Å². The highest BCUT2D eigenvalue weighted by molar-refractivity contribution is 6.67. The minimum absolute atomic E-state index is 0.292. The molecule has 0 bridgehead atoms. The second kappa shape index (κ2) is 6.00. The molecule has 2 rings (SSSR count). The number of carbonyl (C=O) groups excluding carboxylic acids is 2. The maximum atomic E-state index is 11.9. The third kappa shape index (κ3) is 3.22. The first-order valence-corrected chi connectivity index (χ1v) is 6.09. The monoisotopic (exact) mass is 284 g/mol. The molecule has 0 saturated carbocycles. The van der Waals surface area contributed by atoms with E-state index in [2.05, 4.69) is 5.32 Å². The van der Waals surface area contributed by atoms with Crippen LogP contribution in [0.5, 0.6) is 0 Å². The van der Waals surface area contributed by atoms with E-state index in [1.165, 1.54) is 12.1 Å². The molecule has 0 aliphatic heterocycles. The third-order valence-corrected chi connectivity index (χ3v) is 2.86. The van der Waals surface area contributed by atoms with E-state index in [1.807, 2.05) is 6.07 Å². The third-order valence-electron chi connectivity index (χ3n) is 2.65. The first-order valence-electron chi connectivity index (χ1n) is 5.71. The van der Waals surface area contributed by atoms with Gasteiger partial charge in [-0.3, -0.25) is 9.59 Å². The van der Waals surface area contributed by atoms with Gasteiger partial charge in [0.25, 0.3) is 11.1 Å². The summed E-state index contributed by atoms with van der Waals surface area (Å²) in [6, 6.07) is 14.5. The summed E-state index contributed by atoms with van der Waals surface area (Å²) in [5, 5.41) is 10.8. The highest BCUT2D eigenvalue weighted by Crippen LogP contribution is 2.13. The average molecular weight is 285 g/mol. The van der Waals surface area contributed by atoms with E-state index in [1.54, 1.807) is 36.4 Å². The number of anilines is 1. The van der Waals surface area contributed by atoms with Gasteiger partial charge in [-0.2, -0.15) is 5.26 Å². The van der Waals surface area contributed by atoms with Gasteiger partial charge in [0.1, 0.15) is 0 Å². The number of halogens is 1. The Morgan fingerprint density at radius 2 is 1.50 bits per heavy atom. The van der Waals surface area contributed by atoms with Gasteiger partial charge in [-0.05, 0) is 60.1 Å². The van der Waals surface area contributed by atoms with Crippen LogP contribution in [0, 0.1) is 11.3 Å². The number of hydrogen-bond donors (Lipinski definition) is 1. The largest absolute Gasteiger partial charge is 0.322 e. The number of nitrogens with zero attached hydrogens (tertiary/aromatic N) is 1. The molecule has 0 aromatic heterocycles. The van der Waals surface area contributed by atoms with Gasteiger partial charge in [-0.25, -0.2) is 0 Å². The van der Waals surface area contributed by atoms with E-state index >= 15 is 0 Å². The lowest BCUT2D eigenvalue weighted by atomic mass is 10.1. The van der Waals surface area contributed by atoms with E-state index < -0.39 is 5.24 Å². The van der Waals surface area contributed by atoms with Gasteiger partial charge < -0.3 is 5.32 Å². The maximum Gasteiger partial charge on any atom is 0.255 e. The van der Waals surface area contributed by atoms with Crippen LogP contribution in [-0.2, 0) is 0 Å². The van der Waals surface area contributed by atoms with Crippen molar-refractivity contribution >= 4 is 28.4 Å². The summed E-state index contributed by atoms with van der Waals surface area (Å²) in [6.07, 6.45) is 0. The van der Waals surface area contributed by atoms with Crippen LogP contribution in [-0.4, -0.2) is 11.1 Å². The molecule has 0 aliphatic carbocycles. The van der Waals surface area contributed by atoms with Crippen LogP contribution in [0.4, 0.5) is 5.69 Å². The minimum Gasteiger partial charge on any atom is -0.322 e. The molecule has 20 heavy (non-hydrogen) atoms. The molecule has 0 fully saturated rings. The normalized spacial score (nSPS) is 9.60. The van der Waals surface area contributed by atoms with E-state index in [0.29, 0.717) is 22.4 Å². The fraction of sp³-hybridized carbons (Fsp3) is 0. The zero-order chi connectivity index (χ0) is 14.5. The van der Waals surface area contributed by atoms with Gasteiger partial charge >= 0.3 is 0 Å². The molecule has 0 aliphatic rings. The number of nitrogens with one attached hydrogen (secondary N) is 1. The van der Waals surface area contributed by atoms with Crippen LogP contribution in [0.1, 0.15) is 26.3 Å². The Balaban J connectivity index is 2.10. The lowest BCUT2D eigenvalue weighted by molar-refractivity contribution is 0.102. The Hall–Kier alpha value is -2.64. The molecule has 2 aromatic rings. The molecule has 0 unspecified atom stereocenters. The van der Waals surface area contributed by atoms with Crippen molar-refractivity contribution in [3.05, 3.63) is 65.2 Å². The standard InChI is InChI=1S/C15H9ClN2O2/c16-14(19)11-5-7-13(8-6-11)18-15(20)12-3-1-10(9-17)2-4-12/h1-8H,(H,18,20). The summed E-state index contributed by atoms with van der Waals surface area (Å²) in [5.74, 6) is -0.292. The first kappa shape index (κ1) is 13.8. The van der Waals surface area contributed by atoms with Crippen molar-refractivity contribution in [1.29, 1.82) is 5.26 Å². The number of hydrogen-bond acceptors (Lipinski definition) is 3. The van der Waals surface area contributed by atoms with E-state index in [9.17, 15) is 9.59 Å². The van der Waals surface area contributed by atoms with Gasteiger partial charge in [0, 0.05) is 16.8 Å². The molecule has 0 spiro atoms. The summed E-state index contributed by atoms with van der Waals surface area (Å²) in [6.45, 7) is 0. The van der Waals surface area contributed by atoms with Crippen molar-refractivity contribution in [3.8, 4) is 6.07 Å². The van der Waals surface area contributed by atoms with Crippen molar-refractivity contribution < 1.29 is 9.59 Å². The summed E-state index contributed by atoms with van der Waals surface area (Å²) in [7, 11) is 0. The molecule has 1 N–H and O–H groups in total. The SMILES string of the molecule is N#Cc1ccc(C(=O)Nc2ccc(C(=O)Cl)cc2)cc1. The van der Waals surface area contributed by atoms with Gasteiger partial charge in [0.05, 0.1) is 11.6 Å². The predicted octanol–water partition coefficient (Wildman–Crippen LogP) is 3.19. The fourth-order valence-electron chi connectivity index (χ4n) is 1.58. The lowest BCUT2D eigenvalue weighted by Gasteiger charge is -2.05. The Labute approximate surface area is 120 Å². The lowest BCUT2D eigenvalue weighted by Crippen LogP contribution is -2.11. The molecule has 0 heterocycles. The first-order chi connectivity index (χ1) is 9.60. The quantitative estimate of drug-likeness (QED) is 0.880. The zero-order valence-corrected chi connectivity index (χ0v) is 11.0. The summed E-state index contributed by atoms with van der Waals surface area (Å²) < 4.78 is 0. The highest BCUT2D eigenvalue weighted by Gasteiger charge is 2.07. The number of nitriles is 1. The van der Waals surface area contributed by atoms with Crippen LogP contribution in [0.15, 0.2) is 48.5 Å². The van der Waals surface area contributed by atoms with Crippen molar-refractivity contribution in [3.63, 3.8) is 0 Å². The van der Waals surface area contributed by atoms with E-state index in [4.69, 9.17) is 16.9 Å². The van der Waals surface area contributed by atoms with Crippen molar-refractivity contribution in [2.24, 2.45) is 0 Å². The number of benzene rings is 2. The number of carbonyl (C=O) groups is 2. The molecular formula is C15H9ClN2O2. The minimum atomic E-state index is -0.546. The molecule has 5 heteroatoms. The van der Waals surface area contributed by atoms with E-state index in [-0.39, 0.29) is 5.91 Å². The molecule has 0 atom stereocenters. The Kier molecular flexibility index (Phi) is 4.14. The maximum absolute atomic E-state index is 11.9. The van der Waals surface area contributed by atoms with Gasteiger partial charge in [0.15, 0.2) is 0 Å². The molecule has 0 radical (unpaired) electrons. The highest BCUT2D eigenvalue weighted by atomic mass is 35.5. The molecule has 98 valence electrons. The summed E-state index contributed by atoms with van der Waals surface area (Å²) >= 11 is 5.33. The smallest absolute Gasteiger partial charge is 0.255 e. The zero-order valence-electron chi connectivity index (χ0n) is 10.3. The Morgan fingerprint density at radius 3 is 2.00 bits per heavy atom. The molecule has 4 nitrogen and oxygen atoms in total. The van der Waals surface area contributed by atoms with Crippen LogP contribution in [0.25, 0.3) is 0 Å². The topological polar surface area (TPSA) is 70.0 Å². The fourth-order valence-corrected chi connectivity index (χ4v) is 1.71. The summed E-state index contributed by atoms with van der Waals surface area (Å²) in [5.41, 5.74) is 1.86. The molecule has 0 saturated heterocycles. The molecular weight excluding hydrogens is 276 g/mol. The molecule has 2 aromatic carbocycles. The van der Waals surface area contributed by atoms with Crippen LogP contribution >= 0.6 is 11.6 Å².